The van der Waals surface area contributed by atoms with Gasteiger partial charge >= 0.3 is 6.03 Å². The summed E-state index contributed by atoms with van der Waals surface area (Å²) >= 11 is 4.84. The zero-order chi connectivity index (χ0) is 21.6. The van der Waals surface area contributed by atoms with Crippen LogP contribution < -0.4 is 15.5 Å². The number of piperidine rings is 1. The van der Waals surface area contributed by atoms with Gasteiger partial charge in [0.25, 0.3) is 0 Å². The molecule has 0 unspecified atom stereocenters. The fourth-order valence-corrected chi connectivity index (χ4v) is 4.64. The van der Waals surface area contributed by atoms with Crippen molar-refractivity contribution in [1.29, 1.82) is 0 Å². The molecule has 2 N–H and O–H groups in total. The van der Waals surface area contributed by atoms with Crippen LogP contribution in [0.2, 0.25) is 0 Å². The van der Waals surface area contributed by atoms with Crippen LogP contribution in [0.1, 0.15) is 24.2 Å². The van der Waals surface area contributed by atoms with Gasteiger partial charge in [-0.05, 0) is 64.5 Å². The van der Waals surface area contributed by atoms with E-state index in [1.54, 1.807) is 12.1 Å². The van der Waals surface area contributed by atoms with Crippen LogP contribution >= 0.6 is 27.5 Å². The summed E-state index contributed by atoms with van der Waals surface area (Å²) in [7, 11) is 0. The Morgan fingerprint density at radius 2 is 1.90 bits per heavy atom. The molecule has 6 nitrogen and oxygen atoms in total. The zero-order valence-electron chi connectivity index (χ0n) is 16.9. The van der Waals surface area contributed by atoms with Crippen LogP contribution in [0, 0.1) is 11.7 Å². The number of nitrogens with zero attached hydrogens (tertiary/aromatic N) is 3. The second kappa shape index (κ2) is 10.2. The van der Waals surface area contributed by atoms with Crippen LogP contribution in [0.15, 0.2) is 53.0 Å². The van der Waals surface area contributed by atoms with E-state index in [0.717, 1.165) is 52.6 Å². The van der Waals surface area contributed by atoms with Gasteiger partial charge < -0.3 is 15.5 Å². The monoisotopic (exact) mass is 503 g/mol. The topological polar surface area (TPSA) is 70.2 Å². The molecular weight excluding hydrogens is 481 g/mol. The second-order valence-electron chi connectivity index (χ2n) is 7.54. The van der Waals surface area contributed by atoms with E-state index in [9.17, 15) is 9.18 Å². The summed E-state index contributed by atoms with van der Waals surface area (Å²) in [5.41, 5.74) is 1.75. The van der Waals surface area contributed by atoms with Crippen LogP contribution in [-0.2, 0) is 6.42 Å². The van der Waals surface area contributed by atoms with E-state index in [4.69, 9.17) is 0 Å². The number of urea groups is 1. The molecule has 4 rings (SSSR count). The van der Waals surface area contributed by atoms with Crippen LogP contribution in [0.25, 0.3) is 0 Å². The molecule has 3 aromatic rings. The number of hydrogen-bond acceptors (Lipinski definition) is 5. The van der Waals surface area contributed by atoms with Crippen molar-refractivity contribution in [2.45, 2.75) is 19.3 Å². The standard InChI is InChI=1S/C22H23BrFN5OS/c23-18-3-1-2-4-19(18)26-21(30)25-14-16-9-11-29(12-10-16)22-27-20(28-31-22)13-15-5-7-17(24)8-6-15/h1-8,16H,9-14H2,(H2,25,26,30). The van der Waals surface area contributed by atoms with Gasteiger partial charge in [-0.25, -0.2) is 14.2 Å². The summed E-state index contributed by atoms with van der Waals surface area (Å²) in [4.78, 5) is 19.1. The lowest BCUT2D eigenvalue weighted by molar-refractivity contribution is 0.248. The van der Waals surface area contributed by atoms with Crippen molar-refractivity contribution in [3.8, 4) is 0 Å². The van der Waals surface area contributed by atoms with Gasteiger partial charge in [-0.1, -0.05) is 24.3 Å². The fourth-order valence-electron chi connectivity index (χ4n) is 3.52. The lowest BCUT2D eigenvalue weighted by atomic mass is 9.97. The molecule has 0 bridgehead atoms. The first kappa shape index (κ1) is 21.7. The van der Waals surface area contributed by atoms with Crippen molar-refractivity contribution in [1.82, 2.24) is 14.7 Å². The molecule has 0 atom stereocenters. The summed E-state index contributed by atoms with van der Waals surface area (Å²) in [6.45, 7) is 2.43. The van der Waals surface area contributed by atoms with Crippen LogP contribution in [-0.4, -0.2) is 35.0 Å². The summed E-state index contributed by atoms with van der Waals surface area (Å²) in [5, 5.41) is 6.77. The Labute approximate surface area is 193 Å². The fraction of sp³-hybridized carbons (Fsp3) is 0.318. The van der Waals surface area contributed by atoms with Crippen molar-refractivity contribution < 1.29 is 9.18 Å². The average molecular weight is 504 g/mol. The molecule has 2 heterocycles. The molecule has 1 saturated heterocycles. The van der Waals surface area contributed by atoms with Gasteiger partial charge in [0.1, 0.15) is 11.6 Å². The van der Waals surface area contributed by atoms with Crippen molar-refractivity contribution in [3.63, 3.8) is 0 Å². The summed E-state index contributed by atoms with van der Waals surface area (Å²) in [5.74, 6) is 0.963. The number of carbonyl (C=O) groups is 1. The van der Waals surface area contributed by atoms with E-state index in [1.165, 1.54) is 23.7 Å². The lowest BCUT2D eigenvalue weighted by Crippen LogP contribution is -2.39. The van der Waals surface area contributed by atoms with E-state index in [0.29, 0.717) is 18.9 Å². The van der Waals surface area contributed by atoms with Crippen molar-refractivity contribution in [2.24, 2.45) is 5.92 Å². The maximum atomic E-state index is 13.1. The number of benzene rings is 2. The van der Waals surface area contributed by atoms with Gasteiger partial charge in [-0.3, -0.25) is 0 Å². The minimum Gasteiger partial charge on any atom is -0.347 e. The molecule has 9 heteroatoms. The minimum absolute atomic E-state index is 0.191. The van der Waals surface area contributed by atoms with E-state index in [1.807, 2.05) is 24.3 Å². The van der Waals surface area contributed by atoms with E-state index in [-0.39, 0.29) is 11.8 Å². The molecule has 31 heavy (non-hydrogen) atoms. The number of para-hydroxylation sites is 1. The molecular formula is C22H23BrFN5OS. The van der Waals surface area contributed by atoms with Crippen LogP contribution in [0.4, 0.5) is 20.0 Å². The molecule has 0 saturated carbocycles. The zero-order valence-corrected chi connectivity index (χ0v) is 19.3. The SMILES string of the molecule is O=C(NCC1CCN(c2nc(Cc3ccc(F)cc3)ns2)CC1)Nc1ccccc1Br. The summed E-state index contributed by atoms with van der Waals surface area (Å²) in [6.07, 6.45) is 2.58. The normalized spacial score (nSPS) is 14.5. The highest BCUT2D eigenvalue weighted by Gasteiger charge is 2.22. The third kappa shape index (κ3) is 6.01. The van der Waals surface area contributed by atoms with E-state index in [2.05, 4.69) is 40.8 Å². The number of amides is 2. The smallest absolute Gasteiger partial charge is 0.319 e. The lowest BCUT2D eigenvalue weighted by Gasteiger charge is -2.31. The third-order valence-corrected chi connectivity index (χ3v) is 6.80. The number of aromatic nitrogens is 2. The van der Waals surface area contributed by atoms with Crippen LogP contribution in [0.3, 0.4) is 0 Å². The molecule has 1 aromatic heterocycles. The number of carbonyl (C=O) groups excluding carboxylic acids is 1. The molecule has 2 amide bonds. The number of rotatable bonds is 6. The van der Waals surface area contributed by atoms with Gasteiger partial charge in [0.05, 0.1) is 5.69 Å². The van der Waals surface area contributed by atoms with E-state index < -0.39 is 0 Å². The molecule has 162 valence electrons. The predicted octanol–water partition coefficient (Wildman–Crippen LogP) is 5.07. The second-order valence-corrected chi connectivity index (χ2v) is 9.13. The number of nitrogens with one attached hydrogen (secondary N) is 2. The third-order valence-electron chi connectivity index (χ3n) is 5.29. The van der Waals surface area contributed by atoms with Crippen LogP contribution in [0.5, 0.6) is 0 Å². The summed E-state index contributed by atoms with van der Waals surface area (Å²) in [6, 6.07) is 13.8. The molecule has 1 fully saturated rings. The molecule has 0 spiro atoms. The van der Waals surface area contributed by atoms with Crippen molar-refractivity contribution in [3.05, 3.63) is 70.2 Å². The first-order valence-corrected chi connectivity index (χ1v) is 11.7. The van der Waals surface area contributed by atoms with Gasteiger partial charge in [0.2, 0.25) is 5.13 Å². The molecule has 1 aliphatic heterocycles. The quantitative estimate of drug-likeness (QED) is 0.492. The molecule has 0 aliphatic carbocycles. The minimum atomic E-state index is -0.238. The first-order valence-electron chi connectivity index (χ1n) is 10.2. The van der Waals surface area contributed by atoms with Gasteiger partial charge in [-0.15, -0.1) is 0 Å². The van der Waals surface area contributed by atoms with Gasteiger partial charge in [-0.2, -0.15) is 4.37 Å². The Kier molecular flexibility index (Phi) is 7.14. The van der Waals surface area contributed by atoms with Crippen molar-refractivity contribution in [2.75, 3.05) is 29.9 Å². The average Bonchev–Trinajstić information content (AvgIpc) is 3.24. The highest BCUT2D eigenvalue weighted by molar-refractivity contribution is 9.10. The molecule has 1 aliphatic rings. The Balaban J connectivity index is 1.22. The predicted molar refractivity (Wildman–Crippen MR) is 125 cm³/mol. The highest BCUT2D eigenvalue weighted by atomic mass is 79.9. The molecule has 0 radical (unpaired) electrons. The first-order chi connectivity index (χ1) is 15.1. The number of anilines is 2. The van der Waals surface area contributed by atoms with Gasteiger partial charge in [0.15, 0.2) is 0 Å². The van der Waals surface area contributed by atoms with Gasteiger partial charge in [0, 0.05) is 42.1 Å². The number of hydrogen-bond donors (Lipinski definition) is 2. The Hall–Kier alpha value is -2.52. The Bertz CT molecular complexity index is 1020. The Morgan fingerprint density at radius 1 is 1.16 bits per heavy atom. The Morgan fingerprint density at radius 3 is 2.65 bits per heavy atom. The maximum Gasteiger partial charge on any atom is 0.319 e. The molecule has 2 aromatic carbocycles. The van der Waals surface area contributed by atoms with Crippen molar-refractivity contribution >= 4 is 44.3 Å². The highest BCUT2D eigenvalue weighted by Crippen LogP contribution is 2.25. The number of halogens is 2. The maximum absolute atomic E-state index is 13.1. The summed E-state index contributed by atoms with van der Waals surface area (Å²) < 4.78 is 18.4. The van der Waals surface area contributed by atoms with E-state index >= 15 is 0 Å². The largest absolute Gasteiger partial charge is 0.347 e.